The Kier molecular flexibility index (Phi) is 7.21. The molecule has 2 fully saturated rings. The molecule has 0 aliphatic carbocycles. The molecular formula is C19H31N3O5. The van der Waals surface area contributed by atoms with Crippen molar-refractivity contribution in [1.82, 2.24) is 14.7 Å². The lowest BCUT2D eigenvalue weighted by Gasteiger charge is -2.35. The molecule has 2 rings (SSSR count). The molecule has 0 spiro atoms. The van der Waals surface area contributed by atoms with Crippen LogP contribution in [0.1, 0.15) is 39.5 Å². The Balaban J connectivity index is 1.82. The van der Waals surface area contributed by atoms with Crippen molar-refractivity contribution < 1.29 is 24.3 Å². The van der Waals surface area contributed by atoms with Gasteiger partial charge in [-0.05, 0) is 25.7 Å². The predicted molar refractivity (Wildman–Crippen MR) is 98.7 cm³/mol. The summed E-state index contributed by atoms with van der Waals surface area (Å²) in [4.78, 5) is 53.1. The molecule has 0 aromatic carbocycles. The van der Waals surface area contributed by atoms with Gasteiger partial charge in [-0.3, -0.25) is 19.2 Å². The number of carboxylic acids is 1. The third-order valence-electron chi connectivity index (χ3n) is 5.52. The summed E-state index contributed by atoms with van der Waals surface area (Å²) in [6.07, 6.45) is 2.48. The molecule has 2 heterocycles. The van der Waals surface area contributed by atoms with Gasteiger partial charge in [-0.15, -0.1) is 0 Å². The maximum absolute atomic E-state index is 12.7. The van der Waals surface area contributed by atoms with Crippen LogP contribution in [0.4, 0.5) is 0 Å². The number of hydrogen-bond acceptors (Lipinski definition) is 4. The summed E-state index contributed by atoms with van der Waals surface area (Å²) in [6.45, 7) is 5.61. The molecular weight excluding hydrogens is 350 g/mol. The van der Waals surface area contributed by atoms with Crippen molar-refractivity contribution in [2.24, 2.45) is 17.8 Å². The highest BCUT2D eigenvalue weighted by atomic mass is 16.4. The van der Waals surface area contributed by atoms with Crippen molar-refractivity contribution in [3.05, 3.63) is 0 Å². The second kappa shape index (κ2) is 9.19. The van der Waals surface area contributed by atoms with Crippen LogP contribution in [-0.4, -0.2) is 83.3 Å². The molecule has 3 amide bonds. The SMILES string of the molecule is CC(C)C(=O)N1CCC(C(=O)N(C)CC(=O)N2CCCC(C(=O)O)C2)CC1. The molecule has 1 unspecified atom stereocenters. The fourth-order valence-corrected chi connectivity index (χ4v) is 3.81. The number of piperidine rings is 2. The van der Waals surface area contributed by atoms with E-state index in [-0.39, 0.29) is 42.6 Å². The minimum absolute atomic E-state index is 0.0314. The van der Waals surface area contributed by atoms with Gasteiger partial charge in [-0.25, -0.2) is 0 Å². The average Bonchev–Trinajstić information content (AvgIpc) is 2.66. The van der Waals surface area contributed by atoms with Crippen molar-refractivity contribution >= 4 is 23.7 Å². The largest absolute Gasteiger partial charge is 0.481 e. The zero-order valence-electron chi connectivity index (χ0n) is 16.5. The molecule has 2 saturated heterocycles. The van der Waals surface area contributed by atoms with Crippen LogP contribution in [0.15, 0.2) is 0 Å². The van der Waals surface area contributed by atoms with Crippen LogP contribution >= 0.6 is 0 Å². The first-order valence-electron chi connectivity index (χ1n) is 9.75. The normalized spacial score (nSPS) is 21.3. The molecule has 1 N–H and O–H groups in total. The zero-order valence-corrected chi connectivity index (χ0v) is 16.5. The molecule has 0 bridgehead atoms. The van der Waals surface area contributed by atoms with Gasteiger partial charge in [0.1, 0.15) is 0 Å². The molecule has 0 radical (unpaired) electrons. The number of amides is 3. The summed E-state index contributed by atoms with van der Waals surface area (Å²) in [6, 6.07) is 0. The highest BCUT2D eigenvalue weighted by Crippen LogP contribution is 2.21. The number of nitrogens with zero attached hydrogens (tertiary/aromatic N) is 3. The summed E-state index contributed by atoms with van der Waals surface area (Å²) in [7, 11) is 1.62. The lowest BCUT2D eigenvalue weighted by molar-refractivity contribution is -0.148. The highest BCUT2D eigenvalue weighted by Gasteiger charge is 2.32. The number of carbonyl (C=O) groups excluding carboxylic acids is 3. The predicted octanol–water partition coefficient (Wildman–Crippen LogP) is 0.663. The summed E-state index contributed by atoms with van der Waals surface area (Å²) in [5.74, 6) is -1.78. The standard InChI is InChI=1S/C19H31N3O5/c1-13(2)17(24)21-9-6-14(7-10-21)18(25)20(3)12-16(23)22-8-4-5-15(11-22)19(26)27/h13-15H,4-12H2,1-3H3,(H,26,27). The van der Waals surface area contributed by atoms with E-state index in [0.717, 1.165) is 0 Å². The third kappa shape index (κ3) is 5.43. The van der Waals surface area contributed by atoms with Gasteiger partial charge in [0.2, 0.25) is 17.7 Å². The van der Waals surface area contributed by atoms with Gasteiger partial charge in [-0.2, -0.15) is 0 Å². The average molecular weight is 381 g/mol. The molecule has 152 valence electrons. The summed E-state index contributed by atoms with van der Waals surface area (Å²) >= 11 is 0. The Hall–Kier alpha value is -2.12. The third-order valence-corrected chi connectivity index (χ3v) is 5.52. The number of hydrogen-bond donors (Lipinski definition) is 1. The summed E-state index contributed by atoms with van der Waals surface area (Å²) in [5.41, 5.74) is 0. The Bertz CT molecular complexity index is 584. The number of likely N-dealkylation sites (tertiary alicyclic amines) is 2. The van der Waals surface area contributed by atoms with E-state index >= 15 is 0 Å². The van der Waals surface area contributed by atoms with E-state index in [2.05, 4.69) is 0 Å². The molecule has 27 heavy (non-hydrogen) atoms. The van der Waals surface area contributed by atoms with Gasteiger partial charge in [0, 0.05) is 45.1 Å². The van der Waals surface area contributed by atoms with Gasteiger partial charge in [-0.1, -0.05) is 13.8 Å². The van der Waals surface area contributed by atoms with Gasteiger partial charge < -0.3 is 19.8 Å². The van der Waals surface area contributed by atoms with Gasteiger partial charge in [0.05, 0.1) is 12.5 Å². The Morgan fingerprint density at radius 3 is 2.19 bits per heavy atom. The topological polar surface area (TPSA) is 98.2 Å². The summed E-state index contributed by atoms with van der Waals surface area (Å²) in [5, 5.41) is 9.14. The van der Waals surface area contributed by atoms with Gasteiger partial charge in [0.25, 0.3) is 0 Å². The first-order valence-corrected chi connectivity index (χ1v) is 9.75. The minimum atomic E-state index is -0.875. The first kappa shape index (κ1) is 21.2. The van der Waals surface area contributed by atoms with E-state index in [1.807, 2.05) is 13.8 Å². The van der Waals surface area contributed by atoms with E-state index < -0.39 is 11.9 Å². The van der Waals surface area contributed by atoms with Gasteiger partial charge >= 0.3 is 5.97 Å². The number of likely N-dealkylation sites (N-methyl/N-ethyl adjacent to an activating group) is 1. The molecule has 0 saturated carbocycles. The van der Waals surface area contributed by atoms with Crippen LogP contribution in [0.3, 0.4) is 0 Å². The molecule has 1 atom stereocenters. The number of carboxylic acid groups (broad SMARTS) is 1. The van der Waals surface area contributed by atoms with Crippen LogP contribution in [-0.2, 0) is 19.2 Å². The second-order valence-electron chi connectivity index (χ2n) is 7.97. The van der Waals surface area contributed by atoms with Crippen LogP contribution in [0, 0.1) is 17.8 Å². The minimum Gasteiger partial charge on any atom is -0.481 e. The van der Waals surface area contributed by atoms with Crippen molar-refractivity contribution in [2.45, 2.75) is 39.5 Å². The smallest absolute Gasteiger partial charge is 0.308 e. The van der Waals surface area contributed by atoms with Crippen molar-refractivity contribution in [3.8, 4) is 0 Å². The Morgan fingerprint density at radius 2 is 1.63 bits per heavy atom. The van der Waals surface area contributed by atoms with E-state index in [9.17, 15) is 19.2 Å². The molecule has 8 nitrogen and oxygen atoms in total. The zero-order chi connectivity index (χ0) is 20.1. The van der Waals surface area contributed by atoms with Crippen LogP contribution in [0.2, 0.25) is 0 Å². The van der Waals surface area contributed by atoms with Crippen LogP contribution in [0.25, 0.3) is 0 Å². The lowest BCUT2D eigenvalue weighted by Crippen LogP contribution is -2.49. The van der Waals surface area contributed by atoms with Crippen LogP contribution < -0.4 is 0 Å². The van der Waals surface area contributed by atoms with Crippen LogP contribution in [0.5, 0.6) is 0 Å². The lowest BCUT2D eigenvalue weighted by atomic mass is 9.94. The quantitative estimate of drug-likeness (QED) is 0.754. The molecule has 0 aromatic rings. The van der Waals surface area contributed by atoms with E-state index in [1.54, 1.807) is 16.8 Å². The maximum atomic E-state index is 12.7. The van der Waals surface area contributed by atoms with Gasteiger partial charge in [0.15, 0.2) is 0 Å². The number of carbonyl (C=O) groups is 4. The maximum Gasteiger partial charge on any atom is 0.308 e. The van der Waals surface area contributed by atoms with E-state index in [4.69, 9.17) is 5.11 Å². The molecule has 0 aromatic heterocycles. The van der Waals surface area contributed by atoms with Crippen molar-refractivity contribution in [1.29, 1.82) is 0 Å². The fraction of sp³-hybridized carbons (Fsp3) is 0.789. The first-order chi connectivity index (χ1) is 12.7. The Labute approximate surface area is 160 Å². The number of rotatable bonds is 5. The molecule has 8 heteroatoms. The van der Waals surface area contributed by atoms with Crippen molar-refractivity contribution in [3.63, 3.8) is 0 Å². The van der Waals surface area contributed by atoms with E-state index in [1.165, 1.54) is 4.90 Å². The molecule has 2 aliphatic heterocycles. The summed E-state index contributed by atoms with van der Waals surface area (Å²) < 4.78 is 0. The second-order valence-corrected chi connectivity index (χ2v) is 7.97. The molecule has 2 aliphatic rings. The monoisotopic (exact) mass is 381 g/mol. The fourth-order valence-electron chi connectivity index (χ4n) is 3.81. The van der Waals surface area contributed by atoms with E-state index in [0.29, 0.717) is 45.3 Å². The van der Waals surface area contributed by atoms with Crippen molar-refractivity contribution in [2.75, 3.05) is 39.8 Å². The number of aliphatic carboxylic acids is 1. The highest BCUT2D eigenvalue weighted by molar-refractivity contribution is 5.86. The Morgan fingerprint density at radius 1 is 1.00 bits per heavy atom.